The van der Waals surface area contributed by atoms with Crippen LogP contribution in [-0.4, -0.2) is 60.2 Å². The fraction of sp³-hybridized carbons (Fsp3) is 0.346. The summed E-state index contributed by atoms with van der Waals surface area (Å²) >= 11 is 1.10. The average molecular weight is 592 g/mol. The maximum Gasteiger partial charge on any atom is 0.401 e. The Balaban J connectivity index is 1.15. The van der Waals surface area contributed by atoms with E-state index < -0.39 is 25.0 Å². The van der Waals surface area contributed by atoms with E-state index in [1.807, 2.05) is 29.1 Å². The van der Waals surface area contributed by atoms with Crippen LogP contribution in [0.5, 0.6) is 0 Å². The van der Waals surface area contributed by atoms with Crippen LogP contribution in [0.3, 0.4) is 0 Å². The molecular formula is C26H22F5N7O2S. The number of nitrogens with zero attached hydrogens (tertiary/aromatic N) is 7. The van der Waals surface area contributed by atoms with Gasteiger partial charge in [-0.2, -0.15) is 27.1 Å². The van der Waals surface area contributed by atoms with Gasteiger partial charge in [0.05, 0.1) is 46.8 Å². The third-order valence-electron chi connectivity index (χ3n) is 6.96. The molecule has 5 heterocycles. The van der Waals surface area contributed by atoms with E-state index in [0.29, 0.717) is 37.2 Å². The molecule has 1 aliphatic heterocycles. The molecule has 0 saturated carbocycles. The van der Waals surface area contributed by atoms with Gasteiger partial charge in [-0.15, -0.1) is 10.2 Å². The minimum atomic E-state index is -4.20. The van der Waals surface area contributed by atoms with Crippen molar-refractivity contribution in [2.45, 2.75) is 38.0 Å². The SMILES string of the molecule is O=c1sc2cc(-c3cnn(C4CCN(CC(F)(F)F)CC4)c3)ccc2n1Cc1ccc(-c2nnc(C(F)F)o2)cn1. The molecule has 1 aliphatic rings. The predicted molar refractivity (Wildman–Crippen MR) is 140 cm³/mol. The second-order valence-electron chi connectivity index (χ2n) is 9.75. The molecule has 0 spiro atoms. The van der Waals surface area contributed by atoms with Crippen LogP contribution in [-0.2, 0) is 6.54 Å². The van der Waals surface area contributed by atoms with Crippen molar-refractivity contribution in [3.63, 3.8) is 0 Å². The molecule has 0 unspecified atom stereocenters. The van der Waals surface area contributed by atoms with Crippen molar-refractivity contribution < 1.29 is 26.4 Å². The molecule has 214 valence electrons. The maximum atomic E-state index is 12.8. The van der Waals surface area contributed by atoms with E-state index in [-0.39, 0.29) is 23.4 Å². The number of rotatable bonds is 7. The summed E-state index contributed by atoms with van der Waals surface area (Å²) in [5.74, 6) is -0.836. The molecular weight excluding hydrogens is 569 g/mol. The van der Waals surface area contributed by atoms with E-state index in [4.69, 9.17) is 4.42 Å². The Bertz CT molecular complexity index is 1720. The summed E-state index contributed by atoms with van der Waals surface area (Å²) < 4.78 is 72.6. The lowest BCUT2D eigenvalue weighted by atomic mass is 10.1. The highest BCUT2D eigenvalue weighted by Gasteiger charge is 2.33. The minimum absolute atomic E-state index is 0.0270. The van der Waals surface area contributed by atoms with E-state index >= 15 is 0 Å². The van der Waals surface area contributed by atoms with Crippen LogP contribution in [0.1, 0.15) is 36.9 Å². The first-order chi connectivity index (χ1) is 19.6. The molecule has 1 fully saturated rings. The molecule has 41 heavy (non-hydrogen) atoms. The molecule has 1 saturated heterocycles. The van der Waals surface area contributed by atoms with Gasteiger partial charge >= 0.3 is 17.5 Å². The molecule has 5 aromatic rings. The molecule has 0 aliphatic carbocycles. The zero-order valence-electron chi connectivity index (χ0n) is 21.3. The summed E-state index contributed by atoms with van der Waals surface area (Å²) in [5, 5.41) is 11.4. The van der Waals surface area contributed by atoms with E-state index in [1.54, 1.807) is 22.9 Å². The Hall–Kier alpha value is -3.98. The lowest BCUT2D eigenvalue weighted by Gasteiger charge is -2.32. The first kappa shape index (κ1) is 27.2. The van der Waals surface area contributed by atoms with Crippen LogP contribution in [0.25, 0.3) is 32.8 Å². The molecule has 4 aromatic heterocycles. The first-order valence-corrected chi connectivity index (χ1v) is 13.5. The molecule has 0 radical (unpaired) electrons. The van der Waals surface area contributed by atoms with E-state index in [0.717, 1.165) is 32.7 Å². The van der Waals surface area contributed by atoms with Gasteiger partial charge in [-0.1, -0.05) is 17.4 Å². The summed E-state index contributed by atoms with van der Waals surface area (Å²) in [4.78, 5) is 18.4. The standard InChI is InChI=1S/C26H22F5N7O2S/c27-22(28)24-35-34-23(40-24)16-1-3-18(32-10-16)13-37-20-4-2-15(9-21(20)41-25(37)39)17-11-33-38(12-17)19-5-7-36(8-6-19)14-26(29,30)31/h1-4,9-12,19,22H,5-8,13-14H2. The quantitative estimate of drug-likeness (QED) is 0.229. The van der Waals surface area contributed by atoms with Crippen molar-refractivity contribution >= 4 is 21.6 Å². The Morgan fingerprint density at radius 1 is 1.02 bits per heavy atom. The number of hydrogen-bond donors (Lipinski definition) is 0. The number of hydrogen-bond acceptors (Lipinski definition) is 8. The first-order valence-electron chi connectivity index (χ1n) is 12.7. The molecule has 6 rings (SSSR count). The summed E-state index contributed by atoms with van der Waals surface area (Å²) in [6.45, 7) is 0.0376. The highest BCUT2D eigenvalue weighted by atomic mass is 32.1. The second-order valence-corrected chi connectivity index (χ2v) is 10.7. The fourth-order valence-electron chi connectivity index (χ4n) is 4.92. The molecule has 0 bridgehead atoms. The third-order valence-corrected chi connectivity index (χ3v) is 7.90. The van der Waals surface area contributed by atoms with Crippen molar-refractivity contribution in [2.75, 3.05) is 19.6 Å². The molecule has 0 atom stereocenters. The topological polar surface area (TPSA) is 94.9 Å². The van der Waals surface area contributed by atoms with Gasteiger partial charge in [0.1, 0.15) is 0 Å². The van der Waals surface area contributed by atoms with E-state index in [9.17, 15) is 26.7 Å². The van der Waals surface area contributed by atoms with Crippen LogP contribution in [0.2, 0.25) is 0 Å². The van der Waals surface area contributed by atoms with Crippen molar-refractivity contribution in [1.82, 2.24) is 34.4 Å². The number of pyridine rings is 1. The van der Waals surface area contributed by atoms with Crippen LogP contribution in [0, 0.1) is 0 Å². The van der Waals surface area contributed by atoms with Gasteiger partial charge in [0.15, 0.2) is 0 Å². The third kappa shape index (κ3) is 5.91. The number of benzene rings is 1. The number of thiazole rings is 1. The van der Waals surface area contributed by atoms with Crippen molar-refractivity contribution in [2.24, 2.45) is 0 Å². The predicted octanol–water partition coefficient (Wildman–Crippen LogP) is 5.56. The Morgan fingerprint density at radius 3 is 2.49 bits per heavy atom. The number of fused-ring (bicyclic) bond motifs is 1. The normalized spacial score (nSPS) is 15.4. The van der Waals surface area contributed by atoms with Crippen molar-refractivity contribution in [3.8, 4) is 22.6 Å². The maximum absolute atomic E-state index is 12.8. The van der Waals surface area contributed by atoms with Gasteiger partial charge in [0.2, 0.25) is 5.89 Å². The van der Waals surface area contributed by atoms with Crippen LogP contribution in [0.15, 0.2) is 58.1 Å². The van der Waals surface area contributed by atoms with Crippen LogP contribution in [0.4, 0.5) is 22.0 Å². The number of aromatic nitrogens is 6. The fourth-order valence-corrected chi connectivity index (χ4v) is 5.85. The van der Waals surface area contributed by atoms with Gasteiger partial charge in [-0.3, -0.25) is 23.9 Å². The highest BCUT2D eigenvalue weighted by molar-refractivity contribution is 7.16. The summed E-state index contributed by atoms with van der Waals surface area (Å²) in [7, 11) is 0. The zero-order valence-corrected chi connectivity index (χ0v) is 22.1. The van der Waals surface area contributed by atoms with Crippen molar-refractivity contribution in [1.29, 1.82) is 0 Å². The van der Waals surface area contributed by atoms with Gasteiger partial charge < -0.3 is 4.42 Å². The highest BCUT2D eigenvalue weighted by Crippen LogP contribution is 2.30. The van der Waals surface area contributed by atoms with Crippen LogP contribution >= 0.6 is 11.3 Å². The Kier molecular flexibility index (Phi) is 7.15. The molecule has 0 N–H and O–H groups in total. The lowest BCUT2D eigenvalue weighted by molar-refractivity contribution is -0.148. The molecule has 9 nitrogen and oxygen atoms in total. The van der Waals surface area contributed by atoms with Crippen molar-refractivity contribution in [3.05, 3.63) is 70.2 Å². The van der Waals surface area contributed by atoms with E-state index in [2.05, 4.69) is 20.3 Å². The van der Waals surface area contributed by atoms with Gasteiger partial charge in [0.25, 0.3) is 5.89 Å². The second kappa shape index (κ2) is 10.8. The zero-order chi connectivity index (χ0) is 28.7. The smallest absolute Gasteiger partial charge is 0.401 e. The largest absolute Gasteiger partial charge is 0.415 e. The summed E-state index contributed by atoms with van der Waals surface area (Å²) in [6, 6.07) is 8.96. The Labute approximate surface area is 232 Å². The monoisotopic (exact) mass is 591 g/mol. The van der Waals surface area contributed by atoms with E-state index in [1.165, 1.54) is 11.1 Å². The molecule has 0 amide bonds. The van der Waals surface area contributed by atoms with Gasteiger partial charge in [-0.25, -0.2) is 0 Å². The van der Waals surface area contributed by atoms with Crippen LogP contribution < -0.4 is 4.87 Å². The number of piperidine rings is 1. The minimum Gasteiger partial charge on any atom is -0.415 e. The number of alkyl halides is 5. The molecule has 1 aromatic carbocycles. The molecule has 15 heteroatoms. The number of halogens is 5. The van der Waals surface area contributed by atoms with Gasteiger partial charge in [0, 0.05) is 31.0 Å². The summed E-state index contributed by atoms with van der Waals surface area (Å²) in [5.41, 5.74) is 3.42. The summed E-state index contributed by atoms with van der Waals surface area (Å²) in [6.07, 6.45) is -0.851. The number of likely N-dealkylation sites (tertiary alicyclic amines) is 1. The van der Waals surface area contributed by atoms with Gasteiger partial charge in [-0.05, 0) is 42.7 Å². The Morgan fingerprint density at radius 2 is 1.80 bits per heavy atom. The lowest BCUT2D eigenvalue weighted by Crippen LogP contribution is -2.40. The average Bonchev–Trinajstić information content (AvgIpc) is 3.68.